The summed E-state index contributed by atoms with van der Waals surface area (Å²) in [6.45, 7) is 0. The van der Waals surface area contributed by atoms with Crippen LogP contribution in [0.4, 0.5) is 0 Å². The van der Waals surface area contributed by atoms with Gasteiger partial charge in [0.25, 0.3) is 9.84 Å². The van der Waals surface area contributed by atoms with E-state index >= 15 is 0 Å². The molecule has 0 aromatic carbocycles. The lowest BCUT2D eigenvalue weighted by atomic mass is 10.9. The number of nitrogens with two attached hydrogens (primary N) is 1. The minimum Gasteiger partial charge on any atom is -0.472 e. The summed E-state index contributed by atoms with van der Waals surface area (Å²) in [6, 6.07) is 0. The summed E-state index contributed by atoms with van der Waals surface area (Å²) in [5, 5.41) is 0.510. The van der Waals surface area contributed by atoms with E-state index in [9.17, 15) is 8.42 Å². The standard InChI is InChI=1S/C4H6N2O3S/c1-9-4-6-3(5)2-10(4,7)8/h2H,5H2,1H3. The molecule has 0 bridgehead atoms. The number of hydrogen-bond acceptors (Lipinski definition) is 5. The van der Waals surface area contributed by atoms with Crippen molar-refractivity contribution in [3.8, 4) is 0 Å². The van der Waals surface area contributed by atoms with Gasteiger partial charge in [0.15, 0.2) is 0 Å². The molecule has 0 radical (unpaired) electrons. The molecule has 0 saturated heterocycles. The third-order valence-corrected chi connectivity index (χ3v) is 2.21. The fourth-order valence-corrected chi connectivity index (χ4v) is 1.50. The van der Waals surface area contributed by atoms with Crippen LogP contribution < -0.4 is 5.73 Å². The molecule has 5 nitrogen and oxygen atoms in total. The number of sulfone groups is 1. The lowest BCUT2D eigenvalue weighted by molar-refractivity contribution is 0.411. The SMILES string of the molecule is COC1=NC(N)=CS1(=O)=O. The maximum absolute atomic E-state index is 10.8. The van der Waals surface area contributed by atoms with Crippen molar-refractivity contribution in [3.05, 3.63) is 11.2 Å². The van der Waals surface area contributed by atoms with Crippen LogP contribution in [0.3, 0.4) is 0 Å². The van der Waals surface area contributed by atoms with Crippen molar-refractivity contribution in [2.24, 2.45) is 10.7 Å². The first-order valence-corrected chi connectivity index (χ1v) is 3.96. The molecule has 1 heterocycles. The average molecular weight is 162 g/mol. The Balaban J connectivity index is 3.15. The third kappa shape index (κ3) is 0.971. The number of aliphatic imine (C=N–C) groups is 1. The predicted octanol–water partition coefficient (Wildman–Crippen LogP) is -0.825. The Morgan fingerprint density at radius 3 is 2.50 bits per heavy atom. The topological polar surface area (TPSA) is 81.8 Å². The van der Waals surface area contributed by atoms with E-state index in [-0.39, 0.29) is 11.1 Å². The van der Waals surface area contributed by atoms with Gasteiger partial charge in [-0.3, -0.25) is 0 Å². The van der Waals surface area contributed by atoms with Crippen LogP contribution in [0.5, 0.6) is 0 Å². The number of hydrogen-bond donors (Lipinski definition) is 1. The largest absolute Gasteiger partial charge is 0.472 e. The predicted molar refractivity (Wildman–Crippen MR) is 35.6 cm³/mol. The molecule has 56 valence electrons. The molecule has 0 aliphatic carbocycles. The molecule has 0 fully saturated rings. The molecule has 0 saturated carbocycles. The van der Waals surface area contributed by atoms with Crippen LogP contribution >= 0.6 is 0 Å². The summed E-state index contributed by atoms with van der Waals surface area (Å²) in [5.74, 6) is -0.0446. The molecule has 0 unspecified atom stereocenters. The molecular formula is C4H6N2O3S. The Labute approximate surface area is 58.1 Å². The monoisotopic (exact) mass is 162 g/mol. The van der Waals surface area contributed by atoms with Crippen LogP contribution in [-0.4, -0.2) is 20.8 Å². The first-order valence-electron chi connectivity index (χ1n) is 2.41. The highest BCUT2D eigenvalue weighted by molar-refractivity contribution is 8.08. The van der Waals surface area contributed by atoms with Gasteiger partial charge < -0.3 is 10.5 Å². The van der Waals surface area contributed by atoms with Gasteiger partial charge >= 0.3 is 5.23 Å². The summed E-state index contributed by atoms with van der Waals surface area (Å²) in [6.07, 6.45) is 0. The van der Waals surface area contributed by atoms with Gasteiger partial charge in [0.2, 0.25) is 0 Å². The highest BCUT2D eigenvalue weighted by Gasteiger charge is 2.24. The molecular weight excluding hydrogens is 156 g/mol. The van der Waals surface area contributed by atoms with Gasteiger partial charge in [0.1, 0.15) is 5.82 Å². The fourth-order valence-electron chi connectivity index (χ4n) is 0.567. The van der Waals surface area contributed by atoms with Crippen LogP contribution in [0.25, 0.3) is 0 Å². The number of nitrogens with zero attached hydrogens (tertiary/aromatic N) is 1. The van der Waals surface area contributed by atoms with Crippen LogP contribution in [0.1, 0.15) is 0 Å². The van der Waals surface area contributed by atoms with E-state index in [1.165, 1.54) is 7.11 Å². The van der Waals surface area contributed by atoms with Crippen molar-refractivity contribution >= 4 is 15.1 Å². The second kappa shape index (κ2) is 1.98. The molecule has 0 aromatic rings. The fraction of sp³-hybridized carbons (Fsp3) is 0.250. The van der Waals surface area contributed by atoms with Crippen molar-refractivity contribution in [3.63, 3.8) is 0 Å². The van der Waals surface area contributed by atoms with E-state index < -0.39 is 9.84 Å². The van der Waals surface area contributed by atoms with E-state index in [0.29, 0.717) is 0 Å². The smallest absolute Gasteiger partial charge is 0.316 e. The molecule has 1 rings (SSSR count). The van der Waals surface area contributed by atoms with Crippen molar-refractivity contribution in [2.45, 2.75) is 0 Å². The minimum absolute atomic E-state index is 0.0446. The molecule has 1 aliphatic heterocycles. The zero-order valence-electron chi connectivity index (χ0n) is 5.23. The van der Waals surface area contributed by atoms with Crippen molar-refractivity contribution in [2.75, 3.05) is 7.11 Å². The molecule has 1 aliphatic rings. The first kappa shape index (κ1) is 7.07. The minimum atomic E-state index is -3.45. The molecule has 10 heavy (non-hydrogen) atoms. The number of methoxy groups -OCH3 is 1. The Kier molecular flexibility index (Phi) is 1.40. The van der Waals surface area contributed by atoms with Gasteiger partial charge in [-0.2, -0.15) is 4.99 Å². The van der Waals surface area contributed by atoms with Gasteiger partial charge in [0, 0.05) is 0 Å². The molecule has 0 spiro atoms. The van der Waals surface area contributed by atoms with E-state index in [1.807, 2.05) is 0 Å². The van der Waals surface area contributed by atoms with Crippen LogP contribution in [-0.2, 0) is 14.6 Å². The van der Waals surface area contributed by atoms with Crippen LogP contribution in [0, 0.1) is 0 Å². The zero-order valence-corrected chi connectivity index (χ0v) is 6.05. The Bertz CT molecular complexity index is 300. The second-order valence-electron chi connectivity index (χ2n) is 1.67. The molecule has 2 N–H and O–H groups in total. The normalized spacial score (nSPS) is 21.7. The molecule has 0 atom stereocenters. The third-order valence-electron chi connectivity index (χ3n) is 0.914. The van der Waals surface area contributed by atoms with Gasteiger partial charge in [-0.05, 0) is 0 Å². The summed E-state index contributed by atoms with van der Waals surface area (Å²) in [4.78, 5) is 3.41. The van der Waals surface area contributed by atoms with Gasteiger partial charge in [-0.25, -0.2) is 8.42 Å². The van der Waals surface area contributed by atoms with E-state index in [0.717, 1.165) is 5.41 Å². The summed E-state index contributed by atoms with van der Waals surface area (Å²) in [7, 11) is -2.22. The van der Waals surface area contributed by atoms with Crippen molar-refractivity contribution < 1.29 is 13.2 Å². The Morgan fingerprint density at radius 2 is 2.30 bits per heavy atom. The second-order valence-corrected chi connectivity index (χ2v) is 3.34. The maximum Gasteiger partial charge on any atom is 0.316 e. The van der Waals surface area contributed by atoms with Gasteiger partial charge in [0.05, 0.1) is 12.5 Å². The van der Waals surface area contributed by atoms with Crippen molar-refractivity contribution in [1.82, 2.24) is 0 Å². The highest BCUT2D eigenvalue weighted by Crippen LogP contribution is 2.09. The lowest BCUT2D eigenvalue weighted by Gasteiger charge is -1.93. The number of ether oxygens (including phenoxy) is 1. The zero-order chi connectivity index (χ0) is 7.78. The summed E-state index contributed by atoms with van der Waals surface area (Å²) in [5.41, 5.74) is 5.09. The summed E-state index contributed by atoms with van der Waals surface area (Å²) < 4.78 is 26.0. The van der Waals surface area contributed by atoms with E-state index in [2.05, 4.69) is 9.73 Å². The van der Waals surface area contributed by atoms with E-state index in [1.54, 1.807) is 0 Å². The Hall–Kier alpha value is -1.04. The maximum atomic E-state index is 10.8. The lowest BCUT2D eigenvalue weighted by Crippen LogP contribution is -2.09. The number of rotatable bonds is 0. The molecule has 6 heteroatoms. The summed E-state index contributed by atoms with van der Waals surface area (Å²) >= 11 is 0. The average Bonchev–Trinajstić information content (AvgIpc) is 2.04. The van der Waals surface area contributed by atoms with Crippen molar-refractivity contribution in [1.29, 1.82) is 0 Å². The van der Waals surface area contributed by atoms with Gasteiger partial charge in [-0.1, -0.05) is 0 Å². The highest BCUT2D eigenvalue weighted by atomic mass is 32.2. The first-order chi connectivity index (χ1) is 4.56. The van der Waals surface area contributed by atoms with Crippen LogP contribution in [0.2, 0.25) is 0 Å². The molecule has 0 aromatic heterocycles. The Morgan fingerprint density at radius 1 is 1.70 bits per heavy atom. The quantitative estimate of drug-likeness (QED) is 0.504. The van der Waals surface area contributed by atoms with Gasteiger partial charge in [-0.15, -0.1) is 0 Å². The van der Waals surface area contributed by atoms with E-state index in [4.69, 9.17) is 5.73 Å². The molecule has 0 amide bonds. The van der Waals surface area contributed by atoms with Crippen LogP contribution in [0.15, 0.2) is 16.2 Å².